The number of carbonyl (C=O) groups excluding carboxylic acids is 2. The van der Waals surface area contributed by atoms with Gasteiger partial charge in [-0.1, -0.05) is 6.92 Å². The first-order valence-corrected chi connectivity index (χ1v) is 7.10. The van der Waals surface area contributed by atoms with E-state index in [0.717, 1.165) is 12.8 Å². The molecule has 6 heteroatoms. The van der Waals surface area contributed by atoms with Gasteiger partial charge in [0.25, 0.3) is 0 Å². The van der Waals surface area contributed by atoms with Crippen molar-refractivity contribution < 1.29 is 23.8 Å². The molecular formula is C14H25NO5. The Morgan fingerprint density at radius 2 is 2.05 bits per heavy atom. The molecular weight excluding hydrogens is 262 g/mol. The molecule has 1 aliphatic heterocycles. The van der Waals surface area contributed by atoms with E-state index in [9.17, 15) is 9.59 Å². The van der Waals surface area contributed by atoms with Gasteiger partial charge in [-0.25, -0.2) is 0 Å². The predicted molar refractivity (Wildman–Crippen MR) is 73.2 cm³/mol. The highest BCUT2D eigenvalue weighted by Crippen LogP contribution is 2.25. The minimum atomic E-state index is -0.310. The second-order valence-electron chi connectivity index (χ2n) is 4.86. The third kappa shape index (κ3) is 4.76. The molecule has 2 atom stereocenters. The van der Waals surface area contributed by atoms with Crippen molar-refractivity contribution in [1.82, 2.24) is 4.90 Å². The zero-order valence-corrected chi connectivity index (χ0v) is 12.6. The molecule has 116 valence electrons. The van der Waals surface area contributed by atoms with Gasteiger partial charge in [0.1, 0.15) is 0 Å². The first-order valence-electron chi connectivity index (χ1n) is 7.10. The van der Waals surface area contributed by atoms with Gasteiger partial charge in [0.15, 0.2) is 0 Å². The smallest absolute Gasteiger partial charge is 0.307 e. The molecule has 6 nitrogen and oxygen atoms in total. The summed E-state index contributed by atoms with van der Waals surface area (Å²) in [6.07, 6.45) is 1.77. The van der Waals surface area contributed by atoms with Gasteiger partial charge in [0, 0.05) is 26.8 Å². The summed E-state index contributed by atoms with van der Waals surface area (Å²) < 4.78 is 15.2. The fraction of sp³-hybridized carbons (Fsp3) is 0.857. The van der Waals surface area contributed by atoms with E-state index < -0.39 is 0 Å². The van der Waals surface area contributed by atoms with Gasteiger partial charge >= 0.3 is 5.97 Å². The van der Waals surface area contributed by atoms with Crippen molar-refractivity contribution in [3.8, 4) is 0 Å². The van der Waals surface area contributed by atoms with E-state index in [1.54, 1.807) is 12.0 Å². The van der Waals surface area contributed by atoms with Crippen LogP contribution >= 0.6 is 0 Å². The maximum absolute atomic E-state index is 12.6. The summed E-state index contributed by atoms with van der Waals surface area (Å²) >= 11 is 0. The minimum absolute atomic E-state index is 0.00864. The lowest BCUT2D eigenvalue weighted by Gasteiger charge is -2.27. The van der Waals surface area contributed by atoms with Crippen molar-refractivity contribution in [3.05, 3.63) is 0 Å². The van der Waals surface area contributed by atoms with E-state index in [4.69, 9.17) is 9.47 Å². The molecule has 0 radical (unpaired) electrons. The Morgan fingerprint density at radius 3 is 2.65 bits per heavy atom. The number of nitrogens with zero attached hydrogens (tertiary/aromatic N) is 1. The van der Waals surface area contributed by atoms with Gasteiger partial charge < -0.3 is 19.1 Å². The van der Waals surface area contributed by atoms with Crippen LogP contribution in [-0.4, -0.2) is 63.4 Å². The molecule has 1 aliphatic rings. The van der Waals surface area contributed by atoms with Gasteiger partial charge in [0.05, 0.1) is 32.2 Å². The highest BCUT2D eigenvalue weighted by molar-refractivity contribution is 5.80. The van der Waals surface area contributed by atoms with Crippen LogP contribution in [0.1, 0.15) is 26.2 Å². The summed E-state index contributed by atoms with van der Waals surface area (Å²) in [6.45, 7) is 3.95. The number of rotatable bonds is 8. The zero-order chi connectivity index (χ0) is 15.0. The third-order valence-electron chi connectivity index (χ3n) is 3.62. The molecule has 0 spiro atoms. The molecule has 0 aromatic rings. The minimum Gasteiger partial charge on any atom is -0.469 e. The topological polar surface area (TPSA) is 65.1 Å². The molecule has 0 aromatic carbocycles. The normalized spacial score (nSPS) is 21.8. The van der Waals surface area contributed by atoms with E-state index in [0.29, 0.717) is 26.3 Å². The fourth-order valence-corrected chi connectivity index (χ4v) is 2.43. The number of hydrogen-bond acceptors (Lipinski definition) is 5. The molecule has 1 rings (SSSR count). The molecule has 1 saturated heterocycles. The Morgan fingerprint density at radius 1 is 1.30 bits per heavy atom. The van der Waals surface area contributed by atoms with Gasteiger partial charge in [0.2, 0.25) is 5.91 Å². The first kappa shape index (κ1) is 16.9. The van der Waals surface area contributed by atoms with Gasteiger partial charge in [-0.15, -0.1) is 0 Å². The Kier molecular flexibility index (Phi) is 7.54. The maximum Gasteiger partial charge on any atom is 0.307 e. The van der Waals surface area contributed by atoms with Crippen molar-refractivity contribution in [3.63, 3.8) is 0 Å². The molecule has 1 amide bonds. The van der Waals surface area contributed by atoms with Crippen LogP contribution in [-0.2, 0) is 23.8 Å². The van der Waals surface area contributed by atoms with Crippen molar-refractivity contribution in [2.45, 2.75) is 32.3 Å². The average molecular weight is 287 g/mol. The lowest BCUT2D eigenvalue weighted by Crippen LogP contribution is -2.42. The molecule has 0 saturated carbocycles. The van der Waals surface area contributed by atoms with E-state index in [1.165, 1.54) is 7.11 Å². The Balaban J connectivity index is 2.60. The number of ether oxygens (including phenoxy) is 3. The van der Waals surface area contributed by atoms with Crippen LogP contribution in [0.4, 0.5) is 0 Å². The van der Waals surface area contributed by atoms with Crippen molar-refractivity contribution in [1.29, 1.82) is 0 Å². The summed E-state index contributed by atoms with van der Waals surface area (Å²) in [4.78, 5) is 25.5. The molecule has 1 heterocycles. The number of amides is 1. The highest BCUT2D eigenvalue weighted by atomic mass is 16.5. The summed E-state index contributed by atoms with van der Waals surface area (Å²) in [5.74, 6) is -0.361. The SMILES string of the molecule is CCC1OCCC1C(=O)N(CCOC)CCC(=O)OC. The van der Waals surface area contributed by atoms with Crippen LogP contribution in [0, 0.1) is 5.92 Å². The van der Waals surface area contributed by atoms with Crippen molar-refractivity contribution in [2.75, 3.05) is 40.5 Å². The summed E-state index contributed by atoms with van der Waals surface area (Å²) in [5, 5.41) is 0. The van der Waals surface area contributed by atoms with Crippen LogP contribution in [0.5, 0.6) is 0 Å². The average Bonchev–Trinajstić information content (AvgIpc) is 2.94. The van der Waals surface area contributed by atoms with Gasteiger partial charge in [-0.3, -0.25) is 9.59 Å². The Labute approximate surface area is 120 Å². The van der Waals surface area contributed by atoms with Crippen molar-refractivity contribution in [2.24, 2.45) is 5.92 Å². The molecule has 0 N–H and O–H groups in total. The number of methoxy groups -OCH3 is 2. The van der Waals surface area contributed by atoms with Crippen LogP contribution in [0.15, 0.2) is 0 Å². The fourth-order valence-electron chi connectivity index (χ4n) is 2.43. The second-order valence-corrected chi connectivity index (χ2v) is 4.86. The molecule has 20 heavy (non-hydrogen) atoms. The Bertz CT molecular complexity index is 321. The predicted octanol–water partition coefficient (Wildman–Crippen LogP) is 0.840. The lowest BCUT2D eigenvalue weighted by molar-refractivity contribution is -0.143. The monoisotopic (exact) mass is 287 g/mol. The molecule has 0 aromatic heterocycles. The zero-order valence-electron chi connectivity index (χ0n) is 12.6. The van der Waals surface area contributed by atoms with E-state index in [1.807, 2.05) is 6.92 Å². The standard InChI is InChI=1S/C14H25NO5/c1-4-12-11(6-9-20-12)14(17)15(8-10-18-2)7-5-13(16)19-3/h11-12H,4-10H2,1-3H3. The highest BCUT2D eigenvalue weighted by Gasteiger charge is 2.35. The third-order valence-corrected chi connectivity index (χ3v) is 3.62. The number of hydrogen-bond donors (Lipinski definition) is 0. The van der Waals surface area contributed by atoms with Crippen LogP contribution in [0.25, 0.3) is 0 Å². The summed E-state index contributed by atoms with van der Waals surface area (Å²) in [7, 11) is 2.94. The van der Waals surface area contributed by atoms with Crippen LogP contribution < -0.4 is 0 Å². The van der Waals surface area contributed by atoms with E-state index in [-0.39, 0.29) is 30.3 Å². The quantitative estimate of drug-likeness (QED) is 0.619. The van der Waals surface area contributed by atoms with Crippen molar-refractivity contribution >= 4 is 11.9 Å². The first-order chi connectivity index (χ1) is 9.63. The molecule has 0 aliphatic carbocycles. The largest absolute Gasteiger partial charge is 0.469 e. The Hall–Kier alpha value is -1.14. The van der Waals surface area contributed by atoms with E-state index >= 15 is 0 Å². The van der Waals surface area contributed by atoms with E-state index in [2.05, 4.69) is 4.74 Å². The van der Waals surface area contributed by atoms with Crippen LogP contribution in [0.3, 0.4) is 0 Å². The maximum atomic E-state index is 12.6. The lowest BCUT2D eigenvalue weighted by atomic mass is 9.98. The second kappa shape index (κ2) is 8.92. The molecule has 0 bridgehead atoms. The summed E-state index contributed by atoms with van der Waals surface area (Å²) in [5.41, 5.74) is 0. The van der Waals surface area contributed by atoms with Gasteiger partial charge in [-0.2, -0.15) is 0 Å². The summed E-state index contributed by atoms with van der Waals surface area (Å²) in [6, 6.07) is 0. The van der Waals surface area contributed by atoms with Crippen LogP contribution in [0.2, 0.25) is 0 Å². The number of carbonyl (C=O) groups is 2. The molecule has 2 unspecified atom stereocenters. The molecule has 1 fully saturated rings. The number of esters is 1. The van der Waals surface area contributed by atoms with Gasteiger partial charge in [-0.05, 0) is 12.8 Å².